The van der Waals surface area contributed by atoms with Crippen molar-refractivity contribution in [1.82, 2.24) is 0 Å². The molecule has 0 amide bonds. The van der Waals surface area contributed by atoms with Crippen LogP contribution in [-0.2, 0) is 6.42 Å². The summed E-state index contributed by atoms with van der Waals surface area (Å²) in [5.74, 6) is -0.779. The van der Waals surface area contributed by atoms with Crippen LogP contribution in [0.5, 0.6) is 0 Å². The van der Waals surface area contributed by atoms with Gasteiger partial charge in [-0.05, 0) is 47.3 Å². The van der Waals surface area contributed by atoms with Gasteiger partial charge in [0.15, 0.2) is 0 Å². The molecule has 3 aromatic rings. The first-order valence-electron chi connectivity index (χ1n) is 6.34. The van der Waals surface area contributed by atoms with E-state index in [1.54, 1.807) is 18.2 Å². The number of hydrogen-bond donors (Lipinski definition) is 1. The Labute approximate surface area is 129 Å². The minimum Gasteiger partial charge on any atom is -0.387 e. The molecule has 1 N–H and O–H groups in total. The maximum absolute atomic E-state index is 13.2. The third kappa shape index (κ3) is 3.07. The molecule has 0 radical (unpaired) electrons. The van der Waals surface area contributed by atoms with Crippen LogP contribution in [0.25, 0.3) is 10.1 Å². The molecule has 0 saturated heterocycles. The highest BCUT2D eigenvalue weighted by Crippen LogP contribution is 2.32. The smallest absolute Gasteiger partial charge is 0.141 e. The van der Waals surface area contributed by atoms with Crippen molar-refractivity contribution in [2.45, 2.75) is 12.5 Å². The highest BCUT2D eigenvalue weighted by atomic mass is 35.5. The number of aliphatic hydroxyl groups is 1. The first kappa shape index (κ1) is 14.4. The molecule has 0 aliphatic carbocycles. The van der Waals surface area contributed by atoms with Crippen molar-refractivity contribution in [3.8, 4) is 0 Å². The second-order valence-electron chi connectivity index (χ2n) is 4.80. The molecular formula is C16H11ClF2OS. The Morgan fingerprint density at radius 3 is 2.67 bits per heavy atom. The highest BCUT2D eigenvalue weighted by molar-refractivity contribution is 7.19. The Morgan fingerprint density at radius 2 is 1.90 bits per heavy atom. The van der Waals surface area contributed by atoms with Gasteiger partial charge in [0.25, 0.3) is 0 Å². The van der Waals surface area contributed by atoms with Gasteiger partial charge in [0.1, 0.15) is 11.6 Å². The van der Waals surface area contributed by atoms with Crippen molar-refractivity contribution >= 4 is 33.0 Å². The molecule has 1 aromatic heterocycles. The highest BCUT2D eigenvalue weighted by Gasteiger charge is 2.13. The number of halogens is 3. The van der Waals surface area contributed by atoms with E-state index in [-0.39, 0.29) is 10.8 Å². The van der Waals surface area contributed by atoms with E-state index in [2.05, 4.69) is 0 Å². The summed E-state index contributed by atoms with van der Waals surface area (Å²) in [6.45, 7) is 0. The Kier molecular flexibility index (Phi) is 3.93. The molecule has 0 aliphatic heterocycles. The molecule has 2 aromatic carbocycles. The number of rotatable bonds is 3. The lowest BCUT2D eigenvalue weighted by Crippen LogP contribution is -1.99. The summed E-state index contributed by atoms with van der Waals surface area (Å²) < 4.78 is 27.2. The number of aliphatic hydroxyl groups excluding tert-OH is 1. The summed E-state index contributed by atoms with van der Waals surface area (Å²) in [5.41, 5.74) is 0.748. The predicted octanol–water partition coefficient (Wildman–Crippen LogP) is 5.11. The van der Waals surface area contributed by atoms with Crippen LogP contribution >= 0.6 is 22.9 Å². The van der Waals surface area contributed by atoms with E-state index in [0.29, 0.717) is 6.42 Å². The Bertz CT molecular complexity index is 800. The fourth-order valence-electron chi connectivity index (χ4n) is 2.19. The predicted molar refractivity (Wildman–Crippen MR) is 81.9 cm³/mol. The van der Waals surface area contributed by atoms with Gasteiger partial charge < -0.3 is 5.11 Å². The maximum atomic E-state index is 13.2. The van der Waals surface area contributed by atoms with E-state index in [1.165, 1.54) is 35.6 Å². The van der Waals surface area contributed by atoms with Crippen molar-refractivity contribution < 1.29 is 13.9 Å². The zero-order valence-corrected chi connectivity index (χ0v) is 12.4. The Balaban J connectivity index is 1.85. The van der Waals surface area contributed by atoms with Crippen molar-refractivity contribution in [2.24, 2.45) is 0 Å². The summed E-state index contributed by atoms with van der Waals surface area (Å²) >= 11 is 7.15. The molecule has 3 rings (SSSR count). The summed E-state index contributed by atoms with van der Waals surface area (Å²) in [4.78, 5) is 0.746. The van der Waals surface area contributed by atoms with Crippen LogP contribution in [0, 0.1) is 11.6 Å². The molecule has 1 unspecified atom stereocenters. The number of fused-ring (bicyclic) bond motifs is 1. The van der Waals surface area contributed by atoms with Crippen LogP contribution in [0.1, 0.15) is 16.5 Å². The summed E-state index contributed by atoms with van der Waals surface area (Å²) in [5, 5.41) is 11.1. The van der Waals surface area contributed by atoms with Gasteiger partial charge in [-0.15, -0.1) is 11.3 Å². The Hall–Kier alpha value is -1.49. The van der Waals surface area contributed by atoms with Gasteiger partial charge in [-0.3, -0.25) is 0 Å². The normalized spacial score (nSPS) is 12.8. The van der Waals surface area contributed by atoms with E-state index < -0.39 is 11.9 Å². The molecule has 21 heavy (non-hydrogen) atoms. The summed E-state index contributed by atoms with van der Waals surface area (Å²) in [6, 6.07) is 10.7. The van der Waals surface area contributed by atoms with Crippen LogP contribution in [0.2, 0.25) is 5.02 Å². The van der Waals surface area contributed by atoms with Crippen molar-refractivity contribution in [3.63, 3.8) is 0 Å². The van der Waals surface area contributed by atoms with Crippen LogP contribution in [-0.4, -0.2) is 5.11 Å². The minimum atomic E-state index is -0.730. The molecule has 0 saturated carbocycles. The lowest BCUT2D eigenvalue weighted by molar-refractivity contribution is 0.182. The topological polar surface area (TPSA) is 20.2 Å². The standard InChI is InChI=1S/C16H11ClF2OS/c17-12-5-9(1-3-13(12)19)6-14(20)16-8-10-7-11(18)2-4-15(10)21-16/h1-5,7-8,14,20H,6H2. The third-order valence-corrected chi connectivity index (χ3v) is 4.75. The van der Waals surface area contributed by atoms with Crippen LogP contribution in [0.4, 0.5) is 8.78 Å². The largest absolute Gasteiger partial charge is 0.387 e. The molecule has 0 spiro atoms. The summed E-state index contributed by atoms with van der Waals surface area (Å²) in [6.07, 6.45) is -0.401. The van der Waals surface area contributed by atoms with Gasteiger partial charge in [0, 0.05) is 16.0 Å². The molecule has 1 heterocycles. The quantitative estimate of drug-likeness (QED) is 0.710. The molecule has 1 nitrogen and oxygen atoms in total. The van der Waals surface area contributed by atoms with E-state index in [9.17, 15) is 13.9 Å². The fraction of sp³-hybridized carbons (Fsp3) is 0.125. The van der Waals surface area contributed by atoms with E-state index in [0.717, 1.165) is 20.5 Å². The lowest BCUT2D eigenvalue weighted by Gasteiger charge is -2.08. The molecular weight excluding hydrogens is 314 g/mol. The molecule has 5 heteroatoms. The van der Waals surface area contributed by atoms with Crippen LogP contribution in [0.15, 0.2) is 42.5 Å². The first-order valence-corrected chi connectivity index (χ1v) is 7.53. The zero-order valence-electron chi connectivity index (χ0n) is 10.8. The zero-order chi connectivity index (χ0) is 15.0. The molecule has 0 bridgehead atoms. The van der Waals surface area contributed by atoms with Crippen LogP contribution in [0.3, 0.4) is 0 Å². The number of benzene rings is 2. The lowest BCUT2D eigenvalue weighted by atomic mass is 10.1. The fourth-order valence-corrected chi connectivity index (χ4v) is 3.42. The number of hydrogen-bond acceptors (Lipinski definition) is 2. The first-order chi connectivity index (χ1) is 10.0. The molecule has 0 fully saturated rings. The van der Waals surface area contributed by atoms with Gasteiger partial charge in [0.2, 0.25) is 0 Å². The molecule has 1 atom stereocenters. The SMILES string of the molecule is OC(Cc1ccc(F)c(Cl)c1)c1cc2cc(F)ccc2s1. The Morgan fingerprint density at radius 1 is 1.10 bits per heavy atom. The van der Waals surface area contributed by atoms with Crippen molar-refractivity contribution in [2.75, 3.05) is 0 Å². The van der Waals surface area contributed by atoms with E-state index >= 15 is 0 Å². The number of thiophene rings is 1. The minimum absolute atomic E-state index is 0.0399. The average molecular weight is 325 g/mol. The van der Waals surface area contributed by atoms with Gasteiger partial charge in [-0.1, -0.05) is 17.7 Å². The molecule has 0 aliphatic rings. The van der Waals surface area contributed by atoms with Crippen molar-refractivity contribution in [3.05, 3.63) is 69.6 Å². The maximum Gasteiger partial charge on any atom is 0.141 e. The van der Waals surface area contributed by atoms with E-state index in [4.69, 9.17) is 11.6 Å². The monoisotopic (exact) mass is 324 g/mol. The van der Waals surface area contributed by atoms with Gasteiger partial charge in [-0.2, -0.15) is 0 Å². The second-order valence-corrected chi connectivity index (χ2v) is 6.32. The second kappa shape index (κ2) is 5.72. The molecule has 108 valence electrons. The van der Waals surface area contributed by atoms with Crippen LogP contribution < -0.4 is 0 Å². The van der Waals surface area contributed by atoms with Crippen molar-refractivity contribution in [1.29, 1.82) is 0 Å². The van der Waals surface area contributed by atoms with Gasteiger partial charge >= 0.3 is 0 Å². The third-order valence-electron chi connectivity index (χ3n) is 3.24. The van der Waals surface area contributed by atoms with E-state index in [1.807, 2.05) is 0 Å². The van der Waals surface area contributed by atoms with Gasteiger partial charge in [0.05, 0.1) is 11.1 Å². The summed E-state index contributed by atoms with van der Waals surface area (Å²) in [7, 11) is 0. The van der Waals surface area contributed by atoms with Gasteiger partial charge in [-0.25, -0.2) is 8.78 Å². The average Bonchev–Trinajstić information content (AvgIpc) is 2.86.